The van der Waals surface area contributed by atoms with Crippen LogP contribution in [0.2, 0.25) is 0 Å². The molecule has 0 aliphatic rings. The number of aromatic hydroxyl groups is 1. The summed E-state index contributed by atoms with van der Waals surface area (Å²) in [5.41, 5.74) is 4.78. The second kappa shape index (κ2) is 3.49. The number of rotatable bonds is 1. The van der Waals surface area contributed by atoms with E-state index >= 15 is 0 Å². The average molecular weight is 221 g/mol. The number of nitrogens with zero attached hydrogens (tertiary/aromatic N) is 1. The molecule has 0 saturated carbocycles. The maximum absolute atomic E-state index is 11.9. The number of hydrogen-bond donors (Lipinski definition) is 3. The predicted octanol–water partition coefficient (Wildman–Crippen LogP) is -0.127. The molecule has 0 spiro atoms. The molecule has 16 heavy (non-hydrogen) atoms. The molecule has 0 amide bonds. The van der Waals surface area contributed by atoms with Crippen LogP contribution >= 0.6 is 0 Å². The number of fused-ring (bicyclic) bond motifs is 1. The van der Waals surface area contributed by atoms with Gasteiger partial charge in [-0.15, -0.1) is 0 Å². The molecular formula is C10H11N3O3. The molecule has 1 aromatic heterocycles. The first-order chi connectivity index (χ1) is 7.50. The summed E-state index contributed by atoms with van der Waals surface area (Å²) in [5, 5.41) is 9.55. The van der Waals surface area contributed by atoms with Crippen molar-refractivity contribution in [2.45, 2.75) is 13.1 Å². The molecule has 1 atom stereocenters. The average Bonchev–Trinajstić information content (AvgIpc) is 2.15. The summed E-state index contributed by atoms with van der Waals surface area (Å²) in [6, 6.07) is 4.15. The van der Waals surface area contributed by atoms with Gasteiger partial charge in [-0.1, -0.05) is 0 Å². The Bertz CT molecular complexity index is 654. The van der Waals surface area contributed by atoms with E-state index in [-0.39, 0.29) is 5.75 Å². The van der Waals surface area contributed by atoms with Crippen LogP contribution in [0, 0.1) is 0 Å². The van der Waals surface area contributed by atoms with Crippen molar-refractivity contribution in [3.8, 4) is 5.75 Å². The molecule has 6 nitrogen and oxygen atoms in total. The predicted molar refractivity (Wildman–Crippen MR) is 59.4 cm³/mol. The number of phenols is 1. The van der Waals surface area contributed by atoms with Crippen LogP contribution in [-0.2, 0) is 0 Å². The number of nitrogens with two attached hydrogens (primary N) is 1. The number of H-pyrrole nitrogens is 1. The quantitative estimate of drug-likeness (QED) is 0.624. The molecule has 2 rings (SSSR count). The fourth-order valence-electron chi connectivity index (χ4n) is 1.59. The first-order valence-corrected chi connectivity index (χ1v) is 4.74. The number of phenolic OH excluding ortho intramolecular Hbond substituents is 1. The summed E-state index contributed by atoms with van der Waals surface area (Å²) >= 11 is 0. The van der Waals surface area contributed by atoms with Crippen LogP contribution in [0.5, 0.6) is 5.75 Å². The summed E-state index contributed by atoms with van der Waals surface area (Å²) in [7, 11) is 0. The minimum atomic E-state index is -0.700. The summed E-state index contributed by atoms with van der Waals surface area (Å²) in [5.74, 6) is -0.0129. The van der Waals surface area contributed by atoms with Crippen molar-refractivity contribution in [2.75, 3.05) is 0 Å². The topological polar surface area (TPSA) is 101 Å². The summed E-state index contributed by atoms with van der Waals surface area (Å²) in [6.07, 6.45) is -0.700. The maximum atomic E-state index is 11.9. The smallest absolute Gasteiger partial charge is 0.330 e. The van der Waals surface area contributed by atoms with Crippen molar-refractivity contribution in [1.82, 2.24) is 9.55 Å². The minimum absolute atomic E-state index is 0.0129. The summed E-state index contributed by atoms with van der Waals surface area (Å²) < 4.78 is 0.930. The highest BCUT2D eigenvalue weighted by Crippen LogP contribution is 2.13. The van der Waals surface area contributed by atoms with Gasteiger partial charge in [0.2, 0.25) is 0 Å². The van der Waals surface area contributed by atoms with Crippen molar-refractivity contribution in [1.29, 1.82) is 0 Å². The van der Waals surface area contributed by atoms with Crippen LogP contribution in [0.1, 0.15) is 13.1 Å². The van der Waals surface area contributed by atoms with Gasteiger partial charge in [-0.3, -0.25) is 4.79 Å². The van der Waals surface area contributed by atoms with E-state index in [1.165, 1.54) is 18.2 Å². The van der Waals surface area contributed by atoms with Gasteiger partial charge in [-0.05, 0) is 19.1 Å². The molecule has 0 aliphatic carbocycles. The van der Waals surface area contributed by atoms with Crippen LogP contribution in [0.15, 0.2) is 27.8 Å². The highest BCUT2D eigenvalue weighted by molar-refractivity contribution is 5.78. The van der Waals surface area contributed by atoms with Crippen LogP contribution in [0.25, 0.3) is 10.9 Å². The fraction of sp³-hybridized carbons (Fsp3) is 0.200. The van der Waals surface area contributed by atoms with Crippen LogP contribution in [0.3, 0.4) is 0 Å². The molecule has 2 aromatic rings. The molecule has 4 N–H and O–H groups in total. The molecule has 1 unspecified atom stereocenters. The van der Waals surface area contributed by atoms with Gasteiger partial charge in [-0.2, -0.15) is 0 Å². The minimum Gasteiger partial charge on any atom is -0.508 e. The molecule has 0 radical (unpaired) electrons. The van der Waals surface area contributed by atoms with Crippen molar-refractivity contribution < 1.29 is 5.11 Å². The second-order valence-corrected chi connectivity index (χ2v) is 3.58. The van der Waals surface area contributed by atoms with Gasteiger partial charge >= 0.3 is 5.69 Å². The maximum Gasteiger partial charge on any atom is 0.330 e. The Balaban J connectivity index is 2.95. The number of aromatic amines is 1. The summed E-state index contributed by atoms with van der Waals surface area (Å²) in [6.45, 7) is 1.54. The number of nitrogens with one attached hydrogen (secondary N) is 1. The van der Waals surface area contributed by atoms with E-state index in [9.17, 15) is 14.7 Å². The number of benzene rings is 1. The molecular weight excluding hydrogens is 210 g/mol. The lowest BCUT2D eigenvalue weighted by Gasteiger charge is -2.09. The molecule has 1 heterocycles. The lowest BCUT2D eigenvalue weighted by atomic mass is 10.2. The standard InChI is InChI=1S/C10H11N3O3/c1-5(11)13-9(15)7-3-2-6(14)4-8(7)12-10(13)16/h2-5,14H,11H2,1H3,(H,12,16). The van der Waals surface area contributed by atoms with Gasteiger partial charge in [0, 0.05) is 6.07 Å². The molecule has 0 fully saturated rings. The zero-order valence-electron chi connectivity index (χ0n) is 8.60. The highest BCUT2D eigenvalue weighted by Gasteiger charge is 2.10. The fourth-order valence-corrected chi connectivity index (χ4v) is 1.59. The third kappa shape index (κ3) is 1.49. The Hall–Kier alpha value is -2.08. The Morgan fingerprint density at radius 1 is 1.44 bits per heavy atom. The van der Waals surface area contributed by atoms with Gasteiger partial charge in [0.25, 0.3) is 5.56 Å². The van der Waals surface area contributed by atoms with Crippen molar-refractivity contribution >= 4 is 10.9 Å². The van der Waals surface area contributed by atoms with Crippen LogP contribution < -0.4 is 17.0 Å². The Morgan fingerprint density at radius 3 is 2.75 bits per heavy atom. The Kier molecular flexibility index (Phi) is 2.28. The molecule has 0 saturated heterocycles. The molecule has 0 aliphatic heterocycles. The second-order valence-electron chi connectivity index (χ2n) is 3.58. The Labute approximate surface area is 89.9 Å². The first kappa shape index (κ1) is 10.4. The largest absolute Gasteiger partial charge is 0.508 e. The van der Waals surface area contributed by atoms with E-state index in [4.69, 9.17) is 5.73 Å². The normalized spacial score (nSPS) is 12.9. The lowest BCUT2D eigenvalue weighted by Crippen LogP contribution is -2.40. The van der Waals surface area contributed by atoms with E-state index in [2.05, 4.69) is 4.98 Å². The lowest BCUT2D eigenvalue weighted by molar-refractivity contribution is 0.475. The zero-order chi connectivity index (χ0) is 11.9. The third-order valence-electron chi connectivity index (χ3n) is 2.32. The van der Waals surface area contributed by atoms with Gasteiger partial charge < -0.3 is 15.8 Å². The first-order valence-electron chi connectivity index (χ1n) is 4.74. The van der Waals surface area contributed by atoms with E-state index < -0.39 is 17.4 Å². The van der Waals surface area contributed by atoms with E-state index in [0.717, 1.165) is 4.57 Å². The van der Waals surface area contributed by atoms with E-state index in [1.54, 1.807) is 6.92 Å². The summed E-state index contributed by atoms with van der Waals surface area (Å²) in [4.78, 5) is 25.9. The molecule has 84 valence electrons. The van der Waals surface area contributed by atoms with Gasteiger partial charge in [0.1, 0.15) is 5.75 Å². The van der Waals surface area contributed by atoms with Gasteiger partial charge in [-0.25, -0.2) is 9.36 Å². The van der Waals surface area contributed by atoms with Crippen molar-refractivity contribution in [2.24, 2.45) is 5.73 Å². The SMILES string of the molecule is CC(N)n1c(=O)[nH]c2cc(O)ccc2c1=O. The number of aromatic nitrogens is 2. The van der Waals surface area contributed by atoms with Crippen LogP contribution in [-0.4, -0.2) is 14.7 Å². The molecule has 0 bridgehead atoms. The molecule has 6 heteroatoms. The Morgan fingerprint density at radius 2 is 2.12 bits per heavy atom. The van der Waals surface area contributed by atoms with E-state index in [0.29, 0.717) is 10.9 Å². The highest BCUT2D eigenvalue weighted by atomic mass is 16.3. The van der Waals surface area contributed by atoms with Crippen molar-refractivity contribution in [3.63, 3.8) is 0 Å². The third-order valence-corrected chi connectivity index (χ3v) is 2.32. The number of hydrogen-bond acceptors (Lipinski definition) is 4. The van der Waals surface area contributed by atoms with E-state index in [1.807, 2.05) is 0 Å². The van der Waals surface area contributed by atoms with Gasteiger partial charge in [0.15, 0.2) is 0 Å². The van der Waals surface area contributed by atoms with Crippen molar-refractivity contribution in [3.05, 3.63) is 39.0 Å². The monoisotopic (exact) mass is 221 g/mol. The van der Waals surface area contributed by atoms with Gasteiger partial charge in [0.05, 0.1) is 17.1 Å². The zero-order valence-corrected chi connectivity index (χ0v) is 8.60. The molecule has 1 aromatic carbocycles. The van der Waals surface area contributed by atoms with Crippen LogP contribution in [0.4, 0.5) is 0 Å².